The molecule has 1 N–H and O–H groups in total. The van der Waals surface area contributed by atoms with Crippen LogP contribution in [0.15, 0.2) is 30.1 Å². The molecule has 11 heteroatoms. The van der Waals surface area contributed by atoms with Gasteiger partial charge in [0.1, 0.15) is 23.7 Å². The molecule has 0 saturated heterocycles. The fraction of sp³-hybridized carbons (Fsp3) is 0.583. The number of hydrogen-bond donors (Lipinski definition) is 1. The fourth-order valence-electron chi connectivity index (χ4n) is 3.51. The molecule has 35 heavy (non-hydrogen) atoms. The molecule has 1 unspecified atom stereocenters. The fourth-order valence-corrected chi connectivity index (χ4v) is 5.30. The Balaban J connectivity index is 2.02. The highest BCUT2D eigenvalue weighted by atomic mass is 31.2. The van der Waals surface area contributed by atoms with Crippen molar-refractivity contribution < 1.29 is 37.1 Å². The van der Waals surface area contributed by atoms with E-state index in [2.05, 4.69) is 5.32 Å². The molecule has 0 aromatic heterocycles. The Bertz CT molecular complexity index is 967. The molecule has 0 radical (unpaired) electrons. The van der Waals surface area contributed by atoms with Gasteiger partial charge in [0.25, 0.3) is 5.91 Å². The molecule has 1 atom stereocenters. The van der Waals surface area contributed by atoms with Crippen LogP contribution in [-0.2, 0) is 24.8 Å². The maximum atomic E-state index is 13.3. The lowest BCUT2D eigenvalue weighted by Crippen LogP contribution is -2.43. The van der Waals surface area contributed by atoms with Crippen LogP contribution in [0.5, 0.6) is 5.75 Å². The topological polar surface area (TPSA) is 103 Å². The highest BCUT2D eigenvalue weighted by molar-refractivity contribution is 7.54. The Labute approximate surface area is 206 Å². The third-order valence-electron chi connectivity index (χ3n) is 5.15. The molecule has 0 fully saturated rings. The Morgan fingerprint density at radius 2 is 1.91 bits per heavy atom. The first kappa shape index (κ1) is 28.8. The number of carbonyl (C=O) groups is 2. The minimum absolute atomic E-state index is 0.0680. The number of halogens is 1. The van der Waals surface area contributed by atoms with Gasteiger partial charge in [-0.1, -0.05) is 0 Å². The van der Waals surface area contributed by atoms with Crippen molar-refractivity contribution in [3.8, 4) is 5.75 Å². The summed E-state index contributed by atoms with van der Waals surface area (Å²) in [6.45, 7) is 10.9. The Morgan fingerprint density at radius 1 is 1.26 bits per heavy atom. The van der Waals surface area contributed by atoms with E-state index in [9.17, 15) is 18.5 Å². The van der Waals surface area contributed by atoms with E-state index >= 15 is 0 Å². The molecule has 0 spiro atoms. The van der Waals surface area contributed by atoms with Gasteiger partial charge in [-0.05, 0) is 71.7 Å². The van der Waals surface area contributed by atoms with Crippen LogP contribution in [-0.4, -0.2) is 61.2 Å². The average Bonchev–Trinajstić information content (AvgIpc) is 2.78. The van der Waals surface area contributed by atoms with E-state index in [0.717, 1.165) is 5.56 Å². The summed E-state index contributed by atoms with van der Waals surface area (Å²) in [5, 5.41) is 2.48. The predicted molar refractivity (Wildman–Crippen MR) is 130 cm³/mol. The summed E-state index contributed by atoms with van der Waals surface area (Å²) < 4.78 is 48.0. The van der Waals surface area contributed by atoms with Gasteiger partial charge in [-0.25, -0.2) is 9.18 Å². The van der Waals surface area contributed by atoms with Gasteiger partial charge in [-0.2, -0.15) is 0 Å². The highest BCUT2D eigenvalue weighted by Gasteiger charge is 2.40. The van der Waals surface area contributed by atoms with Crippen LogP contribution >= 0.6 is 7.60 Å². The summed E-state index contributed by atoms with van der Waals surface area (Å²) in [5.41, 5.74) is 0.809. The van der Waals surface area contributed by atoms with Crippen molar-refractivity contribution in [2.24, 2.45) is 0 Å². The minimum Gasteiger partial charge on any atom is -0.489 e. The van der Waals surface area contributed by atoms with E-state index in [-0.39, 0.29) is 37.8 Å². The number of rotatable bonds is 11. The van der Waals surface area contributed by atoms with Crippen LogP contribution < -0.4 is 10.1 Å². The first-order chi connectivity index (χ1) is 16.4. The van der Waals surface area contributed by atoms with Crippen molar-refractivity contribution in [2.45, 2.75) is 59.3 Å². The van der Waals surface area contributed by atoms with E-state index in [0.29, 0.717) is 30.6 Å². The van der Waals surface area contributed by atoms with Gasteiger partial charge in [0.15, 0.2) is 0 Å². The molecule has 1 aromatic rings. The van der Waals surface area contributed by atoms with Crippen molar-refractivity contribution in [3.05, 3.63) is 41.2 Å². The molecule has 196 valence electrons. The predicted octanol–water partition coefficient (Wildman–Crippen LogP) is 5.05. The minimum atomic E-state index is -3.49. The number of hydrogen-bond acceptors (Lipinski definition) is 7. The Hall–Kier alpha value is -2.42. The molecule has 0 aliphatic carbocycles. The zero-order valence-electron chi connectivity index (χ0n) is 21.3. The van der Waals surface area contributed by atoms with Gasteiger partial charge in [-0.15, -0.1) is 0 Å². The average molecular weight is 515 g/mol. The molecule has 0 bridgehead atoms. The highest BCUT2D eigenvalue weighted by Crippen LogP contribution is 2.54. The van der Waals surface area contributed by atoms with Crippen LogP contribution in [0.25, 0.3) is 0 Å². The molecular weight excluding hydrogens is 478 g/mol. The van der Waals surface area contributed by atoms with E-state index in [1.165, 1.54) is 4.90 Å². The molecule has 0 saturated carbocycles. The van der Waals surface area contributed by atoms with Crippen LogP contribution in [0, 0.1) is 0 Å². The summed E-state index contributed by atoms with van der Waals surface area (Å²) in [4.78, 5) is 26.4. The maximum Gasteiger partial charge on any atom is 0.407 e. The van der Waals surface area contributed by atoms with Crippen molar-refractivity contribution in [3.63, 3.8) is 0 Å². The quantitative estimate of drug-likeness (QED) is 0.412. The van der Waals surface area contributed by atoms with Crippen LogP contribution in [0.4, 0.5) is 9.18 Å². The van der Waals surface area contributed by atoms with E-state index in [1.54, 1.807) is 59.7 Å². The van der Waals surface area contributed by atoms with E-state index in [1.807, 2.05) is 0 Å². The first-order valence-electron chi connectivity index (χ1n) is 11.6. The number of fused-ring (bicyclic) bond motifs is 1. The lowest BCUT2D eigenvalue weighted by Gasteiger charge is -2.36. The largest absolute Gasteiger partial charge is 0.489 e. The van der Waals surface area contributed by atoms with E-state index in [4.69, 9.17) is 18.5 Å². The summed E-state index contributed by atoms with van der Waals surface area (Å²) in [5.74, 6) is -0.534. The van der Waals surface area contributed by atoms with Crippen LogP contribution in [0.3, 0.4) is 0 Å². The maximum absolute atomic E-state index is 13.3. The second kappa shape index (κ2) is 12.5. The van der Waals surface area contributed by atoms with Crippen molar-refractivity contribution in [1.29, 1.82) is 0 Å². The van der Waals surface area contributed by atoms with Gasteiger partial charge in [0.05, 0.1) is 19.5 Å². The zero-order chi connectivity index (χ0) is 26.2. The number of nitrogens with one attached hydrogen (secondary N) is 1. The smallest absolute Gasteiger partial charge is 0.407 e. The summed E-state index contributed by atoms with van der Waals surface area (Å²) in [6, 6.07) is 4.99. The van der Waals surface area contributed by atoms with Gasteiger partial charge in [-0.3, -0.25) is 9.36 Å². The van der Waals surface area contributed by atoms with Crippen molar-refractivity contribution >= 4 is 19.6 Å². The summed E-state index contributed by atoms with van der Waals surface area (Å²) in [6.07, 6.45) is 0.252. The zero-order valence-corrected chi connectivity index (χ0v) is 22.2. The lowest BCUT2D eigenvalue weighted by atomic mass is 9.98. The van der Waals surface area contributed by atoms with Gasteiger partial charge in [0.2, 0.25) is 0 Å². The number of amides is 2. The molecule has 1 aliphatic heterocycles. The van der Waals surface area contributed by atoms with Crippen LogP contribution in [0.2, 0.25) is 0 Å². The number of nitrogens with zero attached hydrogens (tertiary/aromatic N) is 1. The number of alkyl carbamates (subject to hydrolysis) is 1. The molecular formula is C24H36FN2O7P. The van der Waals surface area contributed by atoms with E-state index < -0.39 is 25.1 Å². The number of ether oxygens (including phenoxy) is 2. The molecule has 2 rings (SSSR count). The number of carbonyl (C=O) groups excluding carboxylic acids is 2. The SMILES string of the molecule is CCOP(=O)(OCC)C(C)N1CCc2cc(OC/C(=C/F)CNC(=O)OC(C)(C)C)ccc2C1=O. The Kier molecular flexibility index (Phi) is 10.3. The third kappa shape index (κ3) is 8.05. The standard InChI is InChI=1S/C24H36FN2O7P/c1-7-32-35(30,33-8-2)17(3)27-12-11-19-13-20(9-10-21(19)22(27)28)31-16-18(14-25)15-26-23(29)34-24(4,5)6/h9-10,13-14,17H,7-8,11-12,15-16H2,1-6H3,(H,26,29)/b18-14+. The lowest BCUT2D eigenvalue weighted by molar-refractivity contribution is 0.0531. The molecule has 1 aliphatic rings. The second-order valence-electron chi connectivity index (χ2n) is 8.99. The van der Waals surface area contributed by atoms with Crippen LogP contribution in [0.1, 0.15) is 57.5 Å². The molecule has 2 amide bonds. The second-order valence-corrected chi connectivity index (χ2v) is 11.3. The van der Waals surface area contributed by atoms with Gasteiger partial charge >= 0.3 is 13.7 Å². The van der Waals surface area contributed by atoms with Crippen molar-refractivity contribution in [1.82, 2.24) is 10.2 Å². The molecule has 9 nitrogen and oxygen atoms in total. The summed E-state index contributed by atoms with van der Waals surface area (Å²) in [7, 11) is -3.49. The Morgan fingerprint density at radius 3 is 2.49 bits per heavy atom. The molecule has 1 heterocycles. The molecule has 1 aromatic carbocycles. The first-order valence-corrected chi connectivity index (χ1v) is 13.3. The van der Waals surface area contributed by atoms with Gasteiger partial charge in [0, 0.05) is 24.2 Å². The third-order valence-corrected chi connectivity index (χ3v) is 7.58. The van der Waals surface area contributed by atoms with Gasteiger partial charge < -0.3 is 28.7 Å². The monoisotopic (exact) mass is 514 g/mol. The number of benzene rings is 1. The summed E-state index contributed by atoms with van der Waals surface area (Å²) >= 11 is 0. The van der Waals surface area contributed by atoms with Crippen molar-refractivity contribution in [2.75, 3.05) is 32.9 Å². The normalized spacial score (nSPS) is 15.5.